The molecule has 0 saturated carbocycles. The lowest BCUT2D eigenvalue weighted by Crippen LogP contribution is -2.46. The Kier molecular flexibility index (Phi) is 35.5. The van der Waals surface area contributed by atoms with Gasteiger partial charge >= 0.3 is 0 Å². The van der Waals surface area contributed by atoms with Gasteiger partial charge < -0.3 is 28.8 Å². The molecule has 53 heavy (non-hydrogen) atoms. The smallest absolute Gasteiger partial charge is 0.268 e. The minimum absolute atomic E-state index is 0.0100. The van der Waals surface area contributed by atoms with Gasteiger partial charge in [-0.2, -0.15) is 0 Å². The van der Waals surface area contributed by atoms with Crippen LogP contribution in [0.3, 0.4) is 0 Å². The van der Waals surface area contributed by atoms with Crippen molar-refractivity contribution in [2.45, 2.75) is 199 Å². The number of unbranched alkanes of at least 4 members (excludes halogenated alkanes) is 20. The quantitative estimate of drug-likeness (QED) is 0.0279. The summed E-state index contributed by atoms with van der Waals surface area (Å²) in [5.41, 5.74) is 0. The number of likely N-dealkylation sites (N-methyl/N-ethyl adjacent to an activating group) is 1. The first-order chi connectivity index (χ1) is 25.5. The molecular weight excluding hydrogens is 683 g/mol. The largest absolute Gasteiger partial charge is 0.756 e. The zero-order valence-electron chi connectivity index (χ0n) is 35.2. The average Bonchev–Trinajstić information content (AvgIpc) is 3.10. The van der Waals surface area contributed by atoms with Gasteiger partial charge in [-0.15, -0.1) is 0 Å². The molecule has 1 amide bonds. The second-order valence-electron chi connectivity index (χ2n) is 16.1. The summed E-state index contributed by atoms with van der Waals surface area (Å²) < 4.78 is 23.0. The fourth-order valence-corrected chi connectivity index (χ4v) is 6.83. The first-order valence-corrected chi connectivity index (χ1v) is 23.3. The van der Waals surface area contributed by atoms with Crippen LogP contribution in [0.25, 0.3) is 0 Å². The van der Waals surface area contributed by atoms with E-state index in [0.717, 1.165) is 57.8 Å². The van der Waals surface area contributed by atoms with Crippen LogP contribution in [-0.4, -0.2) is 68.5 Å². The molecule has 0 heterocycles. The summed E-state index contributed by atoms with van der Waals surface area (Å²) in [4.78, 5) is 25.0. The Morgan fingerprint density at radius 3 is 1.58 bits per heavy atom. The van der Waals surface area contributed by atoms with Crippen molar-refractivity contribution in [3.63, 3.8) is 0 Å². The molecule has 0 aliphatic carbocycles. The van der Waals surface area contributed by atoms with Gasteiger partial charge in [0.25, 0.3) is 7.82 Å². The number of carbonyl (C=O) groups excluding carboxylic acids is 1. The van der Waals surface area contributed by atoms with Crippen molar-refractivity contribution in [2.75, 3.05) is 40.9 Å². The monoisotopic (exact) mass is 769 g/mol. The maximum atomic E-state index is 12.7. The van der Waals surface area contributed by atoms with Gasteiger partial charge in [0, 0.05) is 6.42 Å². The van der Waals surface area contributed by atoms with Crippen molar-refractivity contribution in [3.8, 4) is 0 Å². The third-order valence-corrected chi connectivity index (χ3v) is 10.6. The summed E-state index contributed by atoms with van der Waals surface area (Å²) in [5, 5.41) is 13.6. The maximum absolute atomic E-state index is 12.7. The normalized spacial score (nSPS) is 14.8. The number of phosphoric acid groups is 1. The minimum Gasteiger partial charge on any atom is -0.756 e. The highest BCUT2D eigenvalue weighted by Gasteiger charge is 2.24. The molecule has 0 fully saturated rings. The molecule has 0 aromatic carbocycles. The van der Waals surface area contributed by atoms with Crippen LogP contribution in [0.1, 0.15) is 187 Å². The fraction of sp³-hybridized carbons (Fsp3) is 0.841. The lowest BCUT2D eigenvalue weighted by Gasteiger charge is -2.30. The van der Waals surface area contributed by atoms with Gasteiger partial charge in [-0.1, -0.05) is 166 Å². The van der Waals surface area contributed by atoms with Crippen LogP contribution in [0.4, 0.5) is 0 Å². The molecule has 9 heteroatoms. The number of phosphoric ester groups is 1. The van der Waals surface area contributed by atoms with E-state index in [2.05, 4.69) is 55.6 Å². The standard InChI is InChI=1S/C44H85N2O6P/c1-6-8-10-12-13-14-15-16-17-18-19-20-21-22-23-24-25-26-27-28-29-30-31-32-33-34-36-38-44(48)45-42(43(47)37-35-11-9-7-2)41-52-53(49,50)51-40-39-46(3,4)5/h15-16,18-19,21-22,42-43,47H,6-14,17,20,23-41H2,1-5H3,(H-,45,48,49,50)/b16-15-,19-18-,22-21-. The second kappa shape index (κ2) is 36.4. The third-order valence-electron chi connectivity index (χ3n) is 9.63. The number of amides is 1. The molecule has 2 N–H and O–H groups in total. The van der Waals surface area contributed by atoms with Gasteiger partial charge in [-0.3, -0.25) is 9.36 Å². The Labute approximate surface area is 327 Å². The number of quaternary nitrogens is 1. The molecule has 0 radical (unpaired) electrons. The Balaban J connectivity index is 3.93. The molecule has 0 saturated heterocycles. The molecule has 3 unspecified atom stereocenters. The summed E-state index contributed by atoms with van der Waals surface area (Å²) in [6.45, 7) is 4.57. The molecule has 0 aliphatic heterocycles. The zero-order valence-corrected chi connectivity index (χ0v) is 36.1. The number of carbonyl (C=O) groups is 1. The first kappa shape index (κ1) is 51.7. The Morgan fingerprint density at radius 2 is 1.09 bits per heavy atom. The maximum Gasteiger partial charge on any atom is 0.268 e. The predicted molar refractivity (Wildman–Crippen MR) is 224 cm³/mol. The van der Waals surface area contributed by atoms with Crippen molar-refractivity contribution in [3.05, 3.63) is 36.5 Å². The summed E-state index contributed by atoms with van der Waals surface area (Å²) in [6, 6.07) is -0.796. The number of nitrogens with zero attached hydrogens (tertiary/aromatic N) is 1. The van der Waals surface area contributed by atoms with E-state index in [1.165, 1.54) is 103 Å². The molecular formula is C44H85N2O6P. The second-order valence-corrected chi connectivity index (χ2v) is 17.5. The van der Waals surface area contributed by atoms with E-state index in [-0.39, 0.29) is 19.1 Å². The van der Waals surface area contributed by atoms with Crippen LogP contribution >= 0.6 is 7.82 Å². The molecule has 0 rings (SSSR count). The van der Waals surface area contributed by atoms with Gasteiger partial charge in [0.05, 0.1) is 39.9 Å². The molecule has 3 atom stereocenters. The highest BCUT2D eigenvalue weighted by Crippen LogP contribution is 2.38. The average molecular weight is 769 g/mol. The molecule has 8 nitrogen and oxygen atoms in total. The van der Waals surface area contributed by atoms with E-state index in [4.69, 9.17) is 9.05 Å². The van der Waals surface area contributed by atoms with Gasteiger partial charge in [0.15, 0.2) is 0 Å². The van der Waals surface area contributed by atoms with Crippen molar-refractivity contribution >= 4 is 13.7 Å². The van der Waals surface area contributed by atoms with E-state index in [1.54, 1.807) is 0 Å². The first-order valence-electron chi connectivity index (χ1n) is 21.8. The number of aliphatic hydroxyl groups is 1. The van der Waals surface area contributed by atoms with Crippen LogP contribution in [0.2, 0.25) is 0 Å². The highest BCUT2D eigenvalue weighted by molar-refractivity contribution is 7.45. The van der Waals surface area contributed by atoms with Crippen LogP contribution in [0.5, 0.6) is 0 Å². The number of aliphatic hydroxyl groups excluding tert-OH is 1. The summed E-state index contributed by atoms with van der Waals surface area (Å²) in [6.07, 6.45) is 43.6. The third kappa shape index (κ3) is 38.8. The van der Waals surface area contributed by atoms with Gasteiger partial charge in [0.1, 0.15) is 13.2 Å². The van der Waals surface area contributed by atoms with Crippen molar-refractivity contribution in [2.24, 2.45) is 0 Å². The molecule has 0 aliphatic rings. The van der Waals surface area contributed by atoms with E-state index in [1.807, 2.05) is 21.1 Å². The predicted octanol–water partition coefficient (Wildman–Crippen LogP) is 11.3. The van der Waals surface area contributed by atoms with E-state index >= 15 is 0 Å². The van der Waals surface area contributed by atoms with Crippen LogP contribution in [0, 0.1) is 0 Å². The number of hydrogen-bond acceptors (Lipinski definition) is 6. The lowest BCUT2D eigenvalue weighted by atomic mass is 10.0. The fourth-order valence-electron chi connectivity index (χ4n) is 6.10. The molecule has 0 spiro atoms. The zero-order chi connectivity index (χ0) is 39.3. The highest BCUT2D eigenvalue weighted by atomic mass is 31.2. The summed E-state index contributed by atoms with van der Waals surface area (Å²) in [5.74, 6) is -0.177. The number of allylic oxidation sites excluding steroid dienone is 6. The van der Waals surface area contributed by atoms with Crippen LogP contribution in [-0.2, 0) is 18.4 Å². The topological polar surface area (TPSA) is 108 Å². The molecule has 0 bridgehead atoms. The molecule has 0 aromatic heterocycles. The van der Waals surface area contributed by atoms with Crippen molar-refractivity contribution in [1.82, 2.24) is 5.32 Å². The number of rotatable bonds is 39. The van der Waals surface area contributed by atoms with E-state index in [9.17, 15) is 19.4 Å². The van der Waals surface area contributed by atoms with Gasteiger partial charge in [0.2, 0.25) is 5.91 Å². The van der Waals surface area contributed by atoms with Crippen molar-refractivity contribution in [1.29, 1.82) is 0 Å². The van der Waals surface area contributed by atoms with E-state index < -0.39 is 20.0 Å². The van der Waals surface area contributed by atoms with E-state index in [0.29, 0.717) is 23.9 Å². The number of nitrogens with one attached hydrogen (secondary N) is 1. The van der Waals surface area contributed by atoms with Gasteiger partial charge in [-0.25, -0.2) is 0 Å². The van der Waals surface area contributed by atoms with Crippen LogP contribution < -0.4 is 10.2 Å². The molecule has 312 valence electrons. The van der Waals surface area contributed by atoms with Gasteiger partial charge in [-0.05, 0) is 51.4 Å². The summed E-state index contributed by atoms with van der Waals surface area (Å²) >= 11 is 0. The SMILES string of the molecule is CCCCCCC/C=C\C/C=C\C/C=C\CCCCCCCCCCCCCCC(=O)NC(COP(=O)([O-])OCC[N+](C)(C)C)C(O)CCCCCC. The minimum atomic E-state index is -4.54. The van der Waals surface area contributed by atoms with Crippen LogP contribution in [0.15, 0.2) is 36.5 Å². The Hall–Kier alpha value is -1.28. The Bertz CT molecular complexity index is 964. The van der Waals surface area contributed by atoms with Crippen molar-refractivity contribution < 1.29 is 32.9 Å². The lowest BCUT2D eigenvalue weighted by molar-refractivity contribution is -0.870. The molecule has 0 aromatic rings. The Morgan fingerprint density at radius 1 is 0.660 bits per heavy atom. The summed E-state index contributed by atoms with van der Waals surface area (Å²) in [7, 11) is 1.29. The number of hydrogen-bond donors (Lipinski definition) is 2.